The first-order valence-corrected chi connectivity index (χ1v) is 37.9. The molecule has 3 aliphatic heterocycles. The second-order valence-corrected chi connectivity index (χ2v) is 32.4. The van der Waals surface area contributed by atoms with Crippen molar-refractivity contribution in [3.63, 3.8) is 0 Å². The molecule has 93 heavy (non-hydrogen) atoms. The van der Waals surface area contributed by atoms with Gasteiger partial charge in [-0.15, -0.1) is 0 Å². The summed E-state index contributed by atoms with van der Waals surface area (Å²) in [7, 11) is -22.4. The number of aromatic nitrogens is 3. The third-order valence-corrected chi connectivity index (χ3v) is 23.3. The number of aryl methyl sites for hydroxylation is 1. The molecule has 9 N–H and O–H groups in total. The van der Waals surface area contributed by atoms with E-state index >= 15 is 8.42 Å². The fourth-order valence-electron chi connectivity index (χ4n) is 13.2. The van der Waals surface area contributed by atoms with Crippen LogP contribution in [0.15, 0.2) is 207 Å². The summed E-state index contributed by atoms with van der Waals surface area (Å²) in [6, 6.07) is 41.7. The molecule has 0 aliphatic carbocycles. The van der Waals surface area contributed by atoms with Gasteiger partial charge in [0.15, 0.2) is 9.84 Å². The van der Waals surface area contributed by atoms with Gasteiger partial charge in [0, 0.05) is 29.2 Å². The molecule has 3 aromatic heterocycles. The summed E-state index contributed by atoms with van der Waals surface area (Å²) in [6.45, 7) is 7.99. The van der Waals surface area contributed by atoms with Crippen LogP contribution in [0.5, 0.6) is 0 Å². The van der Waals surface area contributed by atoms with Gasteiger partial charge in [0.2, 0.25) is 0 Å². The minimum absolute atomic E-state index is 0.0525. The maximum atomic E-state index is 15.1. The summed E-state index contributed by atoms with van der Waals surface area (Å²) in [5.74, 6) is -2.31. The van der Waals surface area contributed by atoms with Gasteiger partial charge in [0.25, 0.3) is 40.5 Å². The topological polar surface area (TPSA) is 324 Å². The van der Waals surface area contributed by atoms with Crippen LogP contribution in [0.3, 0.4) is 0 Å². The second-order valence-electron chi connectivity index (χ2n) is 24.8. The summed E-state index contributed by atoms with van der Waals surface area (Å²) < 4.78 is 169. The standard InChI is InChI=1S/C68H74N6O14S5/c1-42(46-7-19-55(20-8-46)90(77,78)79)37-51(39-53(50-15-25-58(26-16-50)93(86,87)88)40-52(49-13-23-57(24-14-49)92(83,84)85)38-43(2)47-9-21-56(22-10-47)91(80,81)82)48-11-17-54(18-12-48)89(75,76)41-74-67(65-28-6-45(4)70-65)35-36-68(74)66-34-33-64(73-66)63-32-31-62(72-63)61-30-29-60(71-61)59-27-5-44(3)69-59/h6-26,28-36,42-44,51-53,63-64,66,69-73H,5,27,37-41H2,1-4H3,(H,77,78,79)(H,80,81,82)(H,83,84,85)(H,86,87,88)/b60-59+,62-61+. The molecule has 20 nitrogen and oxygen atoms in total. The van der Waals surface area contributed by atoms with E-state index in [1.165, 1.54) is 54.2 Å². The fraction of sp³-hybridized carbons (Fsp3) is 0.294. The first-order valence-electron chi connectivity index (χ1n) is 30.5. The van der Waals surface area contributed by atoms with E-state index in [9.17, 15) is 51.9 Å². The van der Waals surface area contributed by atoms with Gasteiger partial charge >= 0.3 is 0 Å². The second kappa shape index (κ2) is 26.6. The number of hydrogen-bond acceptors (Lipinski definition) is 13. The highest BCUT2D eigenvalue weighted by Gasteiger charge is 2.33. The maximum Gasteiger partial charge on any atom is 0.294 e. The Balaban J connectivity index is 0.918. The summed E-state index contributed by atoms with van der Waals surface area (Å²) in [5.41, 5.74) is 8.73. The monoisotopic (exact) mass is 1360 g/mol. The Bertz CT molecular complexity index is 4860. The Labute approximate surface area is 542 Å². The largest absolute Gasteiger partial charge is 0.384 e. The molecule has 0 spiro atoms. The zero-order valence-electron chi connectivity index (χ0n) is 51.3. The Kier molecular flexibility index (Phi) is 19.1. The number of benzene rings is 5. The highest BCUT2D eigenvalue weighted by atomic mass is 32.2. The van der Waals surface area contributed by atoms with E-state index in [-0.39, 0.29) is 54.4 Å². The van der Waals surface area contributed by atoms with Crippen LogP contribution in [0, 0.1) is 6.92 Å². The Hall–Kier alpha value is -7.69. The van der Waals surface area contributed by atoms with E-state index in [2.05, 4.69) is 69.3 Å². The lowest BCUT2D eigenvalue weighted by molar-refractivity contribution is 0.413. The molecular formula is C68H74N6O14S5. The third kappa shape index (κ3) is 15.6. The molecule has 3 aliphatic rings. The first kappa shape index (κ1) is 66.8. The lowest BCUT2D eigenvalue weighted by Crippen LogP contribution is -2.42. The van der Waals surface area contributed by atoms with Gasteiger partial charge in [-0.3, -0.25) is 23.5 Å². The van der Waals surface area contributed by atoms with Crippen molar-refractivity contribution in [1.29, 1.82) is 0 Å². The van der Waals surface area contributed by atoms with Crippen molar-refractivity contribution in [1.82, 2.24) is 30.5 Å². The van der Waals surface area contributed by atoms with Crippen molar-refractivity contribution in [3.8, 4) is 11.4 Å². The van der Waals surface area contributed by atoms with Gasteiger partial charge in [-0.1, -0.05) is 92.7 Å². The maximum absolute atomic E-state index is 15.1. The number of H-pyrrole nitrogens is 2. The van der Waals surface area contributed by atoms with Crippen LogP contribution in [0.1, 0.15) is 134 Å². The van der Waals surface area contributed by atoms with Crippen LogP contribution in [0.4, 0.5) is 0 Å². The summed E-state index contributed by atoms with van der Waals surface area (Å²) >= 11 is 0. The van der Waals surface area contributed by atoms with Crippen molar-refractivity contribution >= 4 is 61.7 Å². The molecule has 1 fully saturated rings. The SMILES string of the molecule is Cc1ccc(-c2ccc(C3C=CC(C4C=C/C(=c5/cc/c(=C6/CCC(C)N6)[nH]5)N4)N3)n2CS(=O)(=O)c2ccc(C(CC(C)c3ccc(S(=O)(=O)O)cc3)CC(CC(CC(C)c3ccc(S(=O)(=O)O)cc3)c3ccc(S(=O)(=O)O)cc3)c3ccc(S(=O)(=O)O)cc3)cc2)[nH]1. The summed E-state index contributed by atoms with van der Waals surface area (Å²) in [4.78, 5) is 5.74. The van der Waals surface area contributed by atoms with Gasteiger partial charge in [0.1, 0.15) is 5.88 Å². The van der Waals surface area contributed by atoms with Crippen LogP contribution in [0.25, 0.3) is 22.8 Å². The molecule has 8 aromatic rings. The quantitative estimate of drug-likeness (QED) is 0.0212. The van der Waals surface area contributed by atoms with E-state index in [1.54, 1.807) is 72.8 Å². The van der Waals surface area contributed by atoms with Crippen molar-refractivity contribution in [2.75, 3.05) is 0 Å². The smallest absolute Gasteiger partial charge is 0.294 e. The van der Waals surface area contributed by atoms with Crippen LogP contribution in [0.2, 0.25) is 0 Å². The highest BCUT2D eigenvalue weighted by Crippen LogP contribution is 2.45. The zero-order valence-corrected chi connectivity index (χ0v) is 55.4. The molecule has 1 saturated heterocycles. The van der Waals surface area contributed by atoms with Gasteiger partial charge in [-0.25, -0.2) is 8.42 Å². The van der Waals surface area contributed by atoms with E-state index in [0.717, 1.165) is 63.0 Å². The highest BCUT2D eigenvalue weighted by molar-refractivity contribution is 7.90. The lowest BCUT2D eigenvalue weighted by Gasteiger charge is -2.31. The summed E-state index contributed by atoms with van der Waals surface area (Å²) in [6.07, 6.45) is 11.9. The molecule has 490 valence electrons. The molecule has 6 heterocycles. The third-order valence-electron chi connectivity index (χ3n) is 18.3. The normalized spacial score (nSPS) is 20.7. The average Bonchev–Trinajstić information content (AvgIpc) is 1.68. The Morgan fingerprint density at radius 1 is 0.473 bits per heavy atom. The molecule has 5 aromatic carbocycles. The lowest BCUT2D eigenvalue weighted by atomic mass is 9.74. The van der Waals surface area contributed by atoms with Crippen molar-refractivity contribution in [2.24, 2.45) is 0 Å². The summed E-state index contributed by atoms with van der Waals surface area (Å²) in [5, 5.41) is 13.0. The van der Waals surface area contributed by atoms with Gasteiger partial charge in [-0.05, 0) is 213 Å². The molecule has 9 atom stereocenters. The molecule has 0 saturated carbocycles. The van der Waals surface area contributed by atoms with E-state index in [1.807, 2.05) is 49.6 Å². The van der Waals surface area contributed by atoms with Gasteiger partial charge < -0.3 is 25.2 Å². The molecule has 0 amide bonds. The van der Waals surface area contributed by atoms with Crippen LogP contribution in [-0.2, 0) is 56.2 Å². The van der Waals surface area contributed by atoms with E-state index in [4.69, 9.17) is 0 Å². The number of sulfone groups is 1. The van der Waals surface area contributed by atoms with Crippen LogP contribution in [-0.4, -0.2) is 93.0 Å². The molecule has 11 rings (SSSR count). The Morgan fingerprint density at radius 2 is 0.925 bits per heavy atom. The van der Waals surface area contributed by atoms with E-state index in [0.29, 0.717) is 48.5 Å². The van der Waals surface area contributed by atoms with Gasteiger partial charge in [0.05, 0.1) is 64.3 Å². The Morgan fingerprint density at radius 3 is 1.37 bits per heavy atom. The predicted molar refractivity (Wildman–Crippen MR) is 355 cm³/mol. The minimum atomic E-state index is -4.63. The molecule has 0 radical (unpaired) electrons. The van der Waals surface area contributed by atoms with Gasteiger partial charge in [-0.2, -0.15) is 33.7 Å². The van der Waals surface area contributed by atoms with Crippen LogP contribution >= 0.6 is 0 Å². The molecular weight excluding hydrogens is 1290 g/mol. The molecule has 25 heteroatoms. The predicted octanol–water partition coefficient (Wildman–Crippen LogP) is 10.1. The van der Waals surface area contributed by atoms with E-state index < -0.39 is 73.9 Å². The van der Waals surface area contributed by atoms with Crippen LogP contribution < -0.4 is 26.6 Å². The van der Waals surface area contributed by atoms with Crippen molar-refractivity contribution in [3.05, 3.63) is 232 Å². The zero-order chi connectivity index (χ0) is 66.4. The fourth-order valence-corrected chi connectivity index (χ4v) is 16.5. The molecule has 0 bridgehead atoms. The first-order chi connectivity index (χ1) is 43.9. The molecule has 9 unspecified atom stereocenters. The minimum Gasteiger partial charge on any atom is -0.384 e. The number of rotatable bonds is 23. The number of nitrogens with one attached hydrogen (secondary N) is 5. The average molecular weight is 1360 g/mol. The van der Waals surface area contributed by atoms with Crippen molar-refractivity contribution < 1.29 is 60.3 Å². The number of nitrogens with zero attached hydrogens (tertiary/aromatic N) is 1. The number of hydrogen-bond donors (Lipinski definition) is 9. The number of aromatic amines is 2. The van der Waals surface area contributed by atoms with Crippen molar-refractivity contribution in [2.45, 2.75) is 150 Å².